The van der Waals surface area contributed by atoms with Gasteiger partial charge in [0.05, 0.1) is 0 Å². The molecular weight excluding hydrogens is 273 g/mol. The van der Waals surface area contributed by atoms with Crippen molar-refractivity contribution in [1.29, 1.82) is 0 Å². The molecule has 2 rings (SSSR count). The topological polar surface area (TPSA) is 4.93 Å². The highest BCUT2D eigenvalue weighted by atomic mass is 127. The Labute approximate surface area is 93.7 Å². The molecule has 1 nitrogen and oxygen atoms in total. The van der Waals surface area contributed by atoms with Crippen LogP contribution in [0.3, 0.4) is 0 Å². The van der Waals surface area contributed by atoms with Crippen LogP contribution < -0.4 is 0 Å². The summed E-state index contributed by atoms with van der Waals surface area (Å²) in [6, 6.07) is 5.23. The molecule has 1 heterocycles. The summed E-state index contributed by atoms with van der Waals surface area (Å²) >= 11 is 2.45. The SMILES string of the molecule is ICc1cccn1C1CCCCC1. The van der Waals surface area contributed by atoms with Crippen molar-refractivity contribution in [3.05, 3.63) is 24.0 Å². The van der Waals surface area contributed by atoms with Crippen LogP contribution in [-0.4, -0.2) is 4.57 Å². The zero-order chi connectivity index (χ0) is 9.10. The number of alkyl halides is 1. The standard InChI is InChI=1S/C11H16IN/c12-9-11-7-4-8-13(11)10-5-2-1-3-6-10/h4,7-8,10H,1-3,5-6,9H2. The third kappa shape index (κ3) is 2.09. The lowest BCUT2D eigenvalue weighted by molar-refractivity contribution is 0.350. The van der Waals surface area contributed by atoms with E-state index in [1.54, 1.807) is 0 Å². The van der Waals surface area contributed by atoms with Crippen molar-refractivity contribution >= 4 is 22.6 Å². The number of halogens is 1. The summed E-state index contributed by atoms with van der Waals surface area (Å²) < 4.78 is 3.63. The number of aromatic nitrogens is 1. The number of rotatable bonds is 2. The molecule has 0 aromatic carbocycles. The molecule has 0 bridgehead atoms. The van der Waals surface area contributed by atoms with E-state index in [1.165, 1.54) is 37.8 Å². The molecule has 1 aliphatic carbocycles. The zero-order valence-corrected chi connectivity index (χ0v) is 10.0. The third-order valence-corrected chi connectivity index (χ3v) is 3.75. The molecule has 2 heteroatoms. The largest absolute Gasteiger partial charge is 0.348 e. The quantitative estimate of drug-likeness (QED) is 0.574. The van der Waals surface area contributed by atoms with Crippen LogP contribution in [-0.2, 0) is 4.43 Å². The van der Waals surface area contributed by atoms with E-state index >= 15 is 0 Å². The van der Waals surface area contributed by atoms with Crippen molar-refractivity contribution in [2.24, 2.45) is 0 Å². The van der Waals surface area contributed by atoms with Gasteiger partial charge < -0.3 is 4.57 Å². The van der Waals surface area contributed by atoms with Gasteiger partial charge in [0.25, 0.3) is 0 Å². The van der Waals surface area contributed by atoms with Crippen LogP contribution in [0.15, 0.2) is 18.3 Å². The molecule has 0 amide bonds. The van der Waals surface area contributed by atoms with E-state index in [-0.39, 0.29) is 0 Å². The van der Waals surface area contributed by atoms with E-state index in [4.69, 9.17) is 0 Å². The summed E-state index contributed by atoms with van der Waals surface area (Å²) in [5.74, 6) is 0. The Kier molecular flexibility index (Phi) is 3.30. The first-order valence-corrected chi connectivity index (χ1v) is 6.66. The monoisotopic (exact) mass is 289 g/mol. The molecule has 0 saturated heterocycles. The maximum absolute atomic E-state index is 2.49. The second kappa shape index (κ2) is 4.49. The van der Waals surface area contributed by atoms with Crippen molar-refractivity contribution in [1.82, 2.24) is 4.57 Å². The molecule has 13 heavy (non-hydrogen) atoms. The summed E-state index contributed by atoms with van der Waals surface area (Å²) in [4.78, 5) is 0. The molecule has 1 aliphatic rings. The molecule has 1 aromatic heterocycles. The van der Waals surface area contributed by atoms with Gasteiger partial charge in [0.1, 0.15) is 0 Å². The van der Waals surface area contributed by atoms with Gasteiger partial charge in [-0.15, -0.1) is 0 Å². The van der Waals surface area contributed by atoms with Crippen molar-refractivity contribution in [2.75, 3.05) is 0 Å². The van der Waals surface area contributed by atoms with E-state index in [0.29, 0.717) is 0 Å². The first-order valence-electron chi connectivity index (χ1n) is 5.13. The maximum Gasteiger partial charge on any atom is 0.0400 e. The van der Waals surface area contributed by atoms with Gasteiger partial charge in [-0.2, -0.15) is 0 Å². The van der Waals surface area contributed by atoms with E-state index in [2.05, 4.69) is 45.5 Å². The van der Waals surface area contributed by atoms with Crippen LogP contribution in [0.25, 0.3) is 0 Å². The Balaban J connectivity index is 2.13. The van der Waals surface area contributed by atoms with Gasteiger partial charge in [-0.05, 0) is 25.0 Å². The van der Waals surface area contributed by atoms with Gasteiger partial charge in [0.2, 0.25) is 0 Å². The predicted octanol–water partition coefficient (Wildman–Crippen LogP) is 3.93. The molecule has 0 aliphatic heterocycles. The fourth-order valence-corrected chi connectivity index (χ4v) is 2.91. The summed E-state index contributed by atoms with van der Waals surface area (Å²) in [5.41, 5.74) is 1.49. The molecule has 72 valence electrons. The average molecular weight is 289 g/mol. The van der Waals surface area contributed by atoms with Crippen LogP contribution in [0.1, 0.15) is 43.8 Å². The molecule has 0 atom stereocenters. The first-order chi connectivity index (χ1) is 6.42. The molecule has 1 fully saturated rings. The van der Waals surface area contributed by atoms with Crippen LogP contribution in [0.4, 0.5) is 0 Å². The summed E-state index contributed by atoms with van der Waals surface area (Å²) in [6.07, 6.45) is 9.31. The van der Waals surface area contributed by atoms with Gasteiger partial charge >= 0.3 is 0 Å². The van der Waals surface area contributed by atoms with Crippen molar-refractivity contribution in [3.63, 3.8) is 0 Å². The molecular formula is C11H16IN. The highest BCUT2D eigenvalue weighted by molar-refractivity contribution is 14.1. The molecule has 0 radical (unpaired) electrons. The summed E-state index contributed by atoms with van der Waals surface area (Å²) in [7, 11) is 0. The lowest BCUT2D eigenvalue weighted by Crippen LogP contribution is -2.13. The maximum atomic E-state index is 2.49. The van der Waals surface area contributed by atoms with Gasteiger partial charge in [0.15, 0.2) is 0 Å². The molecule has 1 saturated carbocycles. The Hall–Kier alpha value is 0.01000. The van der Waals surface area contributed by atoms with Crippen molar-refractivity contribution < 1.29 is 0 Å². The summed E-state index contributed by atoms with van der Waals surface area (Å²) in [6.45, 7) is 0. The van der Waals surface area contributed by atoms with Gasteiger partial charge in [-0.1, -0.05) is 41.9 Å². The number of hydrogen-bond acceptors (Lipinski definition) is 0. The van der Waals surface area contributed by atoms with E-state index in [1.807, 2.05) is 0 Å². The highest BCUT2D eigenvalue weighted by Crippen LogP contribution is 2.29. The zero-order valence-electron chi connectivity index (χ0n) is 7.88. The normalized spacial score (nSPS) is 19.2. The number of nitrogens with zero attached hydrogens (tertiary/aromatic N) is 1. The van der Waals surface area contributed by atoms with Crippen LogP contribution in [0, 0.1) is 0 Å². The molecule has 0 spiro atoms. The fourth-order valence-electron chi connectivity index (χ4n) is 2.26. The first kappa shape index (κ1) is 9.56. The van der Waals surface area contributed by atoms with Crippen LogP contribution >= 0.6 is 22.6 Å². The fraction of sp³-hybridized carbons (Fsp3) is 0.636. The van der Waals surface area contributed by atoms with Gasteiger partial charge in [-0.3, -0.25) is 0 Å². The van der Waals surface area contributed by atoms with Gasteiger partial charge in [0, 0.05) is 22.4 Å². The Morgan fingerprint density at radius 3 is 2.77 bits per heavy atom. The highest BCUT2D eigenvalue weighted by Gasteiger charge is 2.15. The second-order valence-electron chi connectivity index (χ2n) is 3.83. The summed E-state index contributed by atoms with van der Waals surface area (Å²) in [5, 5.41) is 0. The lowest BCUT2D eigenvalue weighted by Gasteiger charge is -2.25. The molecule has 0 N–H and O–H groups in total. The molecule has 1 aromatic rings. The average Bonchev–Trinajstić information content (AvgIpc) is 2.67. The smallest absolute Gasteiger partial charge is 0.0400 e. The van der Waals surface area contributed by atoms with Gasteiger partial charge in [-0.25, -0.2) is 0 Å². The Bertz CT molecular complexity index is 261. The third-order valence-electron chi connectivity index (χ3n) is 2.97. The lowest BCUT2D eigenvalue weighted by atomic mass is 9.95. The van der Waals surface area contributed by atoms with E-state index < -0.39 is 0 Å². The minimum absolute atomic E-state index is 0.800. The Morgan fingerprint density at radius 2 is 2.08 bits per heavy atom. The van der Waals surface area contributed by atoms with Crippen molar-refractivity contribution in [3.8, 4) is 0 Å². The van der Waals surface area contributed by atoms with Crippen LogP contribution in [0.2, 0.25) is 0 Å². The van der Waals surface area contributed by atoms with Crippen LogP contribution in [0.5, 0.6) is 0 Å². The molecule has 0 unspecified atom stereocenters. The van der Waals surface area contributed by atoms with E-state index in [9.17, 15) is 0 Å². The minimum atomic E-state index is 0.800. The van der Waals surface area contributed by atoms with Crippen molar-refractivity contribution in [2.45, 2.75) is 42.6 Å². The minimum Gasteiger partial charge on any atom is -0.348 e. The Morgan fingerprint density at radius 1 is 1.31 bits per heavy atom. The van der Waals surface area contributed by atoms with E-state index in [0.717, 1.165) is 10.5 Å². The predicted molar refractivity (Wildman–Crippen MR) is 64.3 cm³/mol. The second-order valence-corrected chi connectivity index (χ2v) is 4.60. The number of hydrogen-bond donors (Lipinski definition) is 0.